The highest BCUT2D eigenvalue weighted by Gasteiger charge is 2.07. The maximum atomic E-state index is 11.8. The monoisotopic (exact) mass is 315 g/mol. The second kappa shape index (κ2) is 8.11. The van der Waals surface area contributed by atoms with Crippen LogP contribution in [0.3, 0.4) is 0 Å². The van der Waals surface area contributed by atoms with Crippen molar-refractivity contribution in [3.05, 3.63) is 29.8 Å². The molecule has 1 amide bonds. The minimum absolute atomic E-state index is 0.0743. The van der Waals surface area contributed by atoms with Crippen LogP contribution in [0.1, 0.15) is 16.8 Å². The van der Waals surface area contributed by atoms with Crippen LogP contribution in [0.4, 0.5) is 0 Å². The number of hydrogen-bond donors (Lipinski definition) is 1. The zero-order valence-corrected chi connectivity index (χ0v) is 12.2. The van der Waals surface area contributed by atoms with E-state index in [1.807, 2.05) is 0 Å². The molecule has 1 aromatic carbocycles. The maximum Gasteiger partial charge on any atom is 0.251 e. The predicted molar refractivity (Wildman–Crippen MR) is 74.5 cm³/mol. The molecule has 1 unspecified atom stereocenters. The highest BCUT2D eigenvalue weighted by Crippen LogP contribution is 2.11. The minimum atomic E-state index is -0.0743. The third kappa shape index (κ3) is 5.06. The first-order valence-corrected chi connectivity index (χ1v) is 6.64. The summed E-state index contributed by atoms with van der Waals surface area (Å²) in [6.45, 7) is 1.25. The quantitative estimate of drug-likeness (QED) is 0.785. The van der Waals surface area contributed by atoms with Gasteiger partial charge < -0.3 is 14.8 Å². The summed E-state index contributed by atoms with van der Waals surface area (Å²) >= 11 is 3.47. The molecule has 1 N–H and O–H groups in total. The van der Waals surface area contributed by atoms with E-state index in [4.69, 9.17) is 9.47 Å². The summed E-state index contributed by atoms with van der Waals surface area (Å²) < 4.78 is 10.0. The van der Waals surface area contributed by atoms with Gasteiger partial charge in [-0.1, -0.05) is 15.9 Å². The summed E-state index contributed by atoms with van der Waals surface area (Å²) in [6, 6.07) is 7.03. The molecule has 0 saturated heterocycles. The lowest BCUT2D eigenvalue weighted by molar-refractivity contribution is 0.0952. The average molecular weight is 316 g/mol. The first-order chi connectivity index (χ1) is 8.67. The van der Waals surface area contributed by atoms with Crippen molar-refractivity contribution in [3.63, 3.8) is 0 Å². The number of methoxy groups -OCH3 is 2. The zero-order chi connectivity index (χ0) is 13.4. The van der Waals surface area contributed by atoms with Crippen molar-refractivity contribution in [2.24, 2.45) is 0 Å². The van der Waals surface area contributed by atoms with Crippen LogP contribution in [0, 0.1) is 0 Å². The number of alkyl halides is 1. The van der Waals surface area contributed by atoms with Crippen LogP contribution in [0.25, 0.3) is 0 Å². The van der Waals surface area contributed by atoms with Gasteiger partial charge in [-0.15, -0.1) is 0 Å². The highest BCUT2D eigenvalue weighted by atomic mass is 79.9. The molecule has 0 heterocycles. The van der Waals surface area contributed by atoms with Crippen molar-refractivity contribution in [3.8, 4) is 5.75 Å². The number of nitrogens with one attached hydrogen (secondary N) is 1. The van der Waals surface area contributed by atoms with Gasteiger partial charge in [0.2, 0.25) is 0 Å². The molecule has 0 bridgehead atoms. The third-order valence-corrected chi connectivity index (χ3v) is 3.17. The predicted octanol–water partition coefficient (Wildman–Crippen LogP) is 2.23. The van der Waals surface area contributed by atoms with Gasteiger partial charge >= 0.3 is 0 Å². The molecular weight excluding hydrogens is 298 g/mol. The molecule has 4 nitrogen and oxygen atoms in total. The van der Waals surface area contributed by atoms with Crippen LogP contribution in [0.5, 0.6) is 5.75 Å². The Hall–Kier alpha value is -1.07. The van der Waals surface area contributed by atoms with Crippen LogP contribution in [-0.4, -0.2) is 38.1 Å². The largest absolute Gasteiger partial charge is 0.497 e. The Kier molecular flexibility index (Phi) is 6.75. The van der Waals surface area contributed by atoms with Crippen LogP contribution in [0.15, 0.2) is 24.3 Å². The maximum absolute atomic E-state index is 11.8. The number of ether oxygens (including phenoxy) is 2. The molecular formula is C13H18BrNO3. The minimum Gasteiger partial charge on any atom is -0.497 e. The molecule has 1 atom stereocenters. The van der Waals surface area contributed by atoms with Crippen LogP contribution in [0.2, 0.25) is 0 Å². The molecule has 0 aliphatic heterocycles. The fourth-order valence-electron chi connectivity index (χ4n) is 1.45. The van der Waals surface area contributed by atoms with E-state index in [1.54, 1.807) is 38.5 Å². The fraction of sp³-hybridized carbons (Fsp3) is 0.462. The number of carbonyl (C=O) groups excluding carboxylic acids is 1. The Morgan fingerprint density at radius 2 is 2.00 bits per heavy atom. The van der Waals surface area contributed by atoms with Crippen molar-refractivity contribution in [2.75, 3.05) is 27.4 Å². The number of rotatable bonds is 7. The molecule has 0 saturated carbocycles. The molecule has 0 radical (unpaired) electrons. The molecule has 0 aliphatic carbocycles. The Balaban J connectivity index is 2.35. The molecule has 0 aromatic heterocycles. The molecule has 1 aromatic rings. The lowest BCUT2D eigenvalue weighted by Gasteiger charge is -2.09. The van der Waals surface area contributed by atoms with Crippen molar-refractivity contribution in [1.82, 2.24) is 5.32 Å². The zero-order valence-electron chi connectivity index (χ0n) is 10.6. The van der Waals surface area contributed by atoms with Gasteiger partial charge in [0.25, 0.3) is 5.91 Å². The SMILES string of the molecule is COCC(Br)CCNC(=O)c1ccc(OC)cc1. The number of benzene rings is 1. The van der Waals surface area contributed by atoms with Gasteiger partial charge in [0.05, 0.1) is 13.7 Å². The van der Waals surface area contributed by atoms with Crippen molar-refractivity contribution in [1.29, 1.82) is 0 Å². The van der Waals surface area contributed by atoms with Gasteiger partial charge in [-0.3, -0.25) is 4.79 Å². The van der Waals surface area contributed by atoms with Gasteiger partial charge in [0, 0.05) is 24.0 Å². The first kappa shape index (κ1) is 15.0. The molecule has 0 aliphatic rings. The van der Waals surface area contributed by atoms with E-state index in [2.05, 4.69) is 21.2 Å². The molecule has 1 rings (SSSR count). The summed E-state index contributed by atoms with van der Waals surface area (Å²) in [5.74, 6) is 0.668. The Morgan fingerprint density at radius 3 is 2.56 bits per heavy atom. The summed E-state index contributed by atoms with van der Waals surface area (Å²) in [4.78, 5) is 12.0. The lowest BCUT2D eigenvalue weighted by Crippen LogP contribution is -2.26. The van der Waals surface area contributed by atoms with Gasteiger partial charge in [-0.2, -0.15) is 0 Å². The number of carbonyl (C=O) groups is 1. The van der Waals surface area contributed by atoms with E-state index in [0.717, 1.165) is 12.2 Å². The Labute approximate surface area is 116 Å². The summed E-state index contributed by atoms with van der Waals surface area (Å²) in [6.07, 6.45) is 0.829. The van der Waals surface area contributed by atoms with Crippen molar-refractivity contribution < 1.29 is 14.3 Å². The second-order valence-electron chi connectivity index (χ2n) is 3.83. The fourth-order valence-corrected chi connectivity index (χ4v) is 1.94. The van der Waals surface area contributed by atoms with E-state index >= 15 is 0 Å². The Morgan fingerprint density at radius 1 is 1.33 bits per heavy atom. The van der Waals surface area contributed by atoms with E-state index in [1.165, 1.54) is 0 Å². The van der Waals surface area contributed by atoms with Crippen LogP contribution >= 0.6 is 15.9 Å². The molecule has 0 fully saturated rings. The lowest BCUT2D eigenvalue weighted by atomic mass is 10.2. The molecule has 100 valence electrons. The average Bonchev–Trinajstić information content (AvgIpc) is 2.39. The summed E-state index contributed by atoms with van der Waals surface area (Å²) in [5, 5.41) is 2.86. The van der Waals surface area contributed by atoms with Gasteiger partial charge in [0.15, 0.2) is 0 Å². The van der Waals surface area contributed by atoms with E-state index in [0.29, 0.717) is 18.7 Å². The first-order valence-electron chi connectivity index (χ1n) is 5.72. The van der Waals surface area contributed by atoms with Crippen molar-refractivity contribution in [2.45, 2.75) is 11.2 Å². The smallest absolute Gasteiger partial charge is 0.251 e. The van der Waals surface area contributed by atoms with E-state index in [-0.39, 0.29) is 10.7 Å². The van der Waals surface area contributed by atoms with Crippen molar-refractivity contribution >= 4 is 21.8 Å². The number of halogens is 1. The topological polar surface area (TPSA) is 47.6 Å². The molecule has 18 heavy (non-hydrogen) atoms. The van der Waals surface area contributed by atoms with E-state index < -0.39 is 0 Å². The normalized spacial score (nSPS) is 11.9. The summed E-state index contributed by atoms with van der Waals surface area (Å²) in [5.41, 5.74) is 0.633. The van der Waals surface area contributed by atoms with E-state index in [9.17, 15) is 4.79 Å². The summed E-state index contributed by atoms with van der Waals surface area (Å²) in [7, 11) is 3.26. The van der Waals surface area contributed by atoms with Crippen LogP contribution in [-0.2, 0) is 4.74 Å². The number of amides is 1. The van der Waals surface area contributed by atoms with Crippen LogP contribution < -0.4 is 10.1 Å². The van der Waals surface area contributed by atoms with Gasteiger partial charge in [-0.05, 0) is 30.7 Å². The Bertz CT molecular complexity index is 367. The standard InChI is InChI=1S/C13H18BrNO3/c1-17-9-11(14)7-8-15-13(16)10-3-5-12(18-2)6-4-10/h3-6,11H,7-9H2,1-2H3,(H,15,16). The second-order valence-corrected chi connectivity index (χ2v) is 5.12. The highest BCUT2D eigenvalue weighted by molar-refractivity contribution is 9.09. The third-order valence-electron chi connectivity index (χ3n) is 2.44. The molecule has 0 spiro atoms. The van der Waals surface area contributed by atoms with Gasteiger partial charge in [-0.25, -0.2) is 0 Å². The number of hydrogen-bond acceptors (Lipinski definition) is 3. The van der Waals surface area contributed by atoms with Gasteiger partial charge in [0.1, 0.15) is 5.75 Å². The molecule has 5 heteroatoms.